The van der Waals surface area contributed by atoms with Crippen LogP contribution in [0.25, 0.3) is 11.0 Å². The van der Waals surface area contributed by atoms with Gasteiger partial charge in [-0.1, -0.05) is 19.1 Å². The molecule has 2 aromatic rings. The Bertz CT molecular complexity index is 721. The average Bonchev–Trinajstić information content (AvgIpc) is 2.73. The van der Waals surface area contributed by atoms with E-state index in [1.807, 2.05) is 29.2 Å². The molecular weight excluding hydrogens is 266 g/mol. The molecule has 2 heterocycles. The second-order valence-electron chi connectivity index (χ2n) is 5.98. The Labute approximate surface area is 123 Å². The van der Waals surface area contributed by atoms with Crippen molar-refractivity contribution in [1.29, 1.82) is 0 Å². The molecule has 1 saturated heterocycles. The fourth-order valence-electron chi connectivity index (χ4n) is 3.01. The number of hydrogen-bond donors (Lipinski definition) is 0. The SMILES string of the molecule is CC1CCN(C(=O)Cn2c(=O)n(C)c3ccccc32)CC1. The number of likely N-dealkylation sites (tertiary alicyclic amines) is 1. The molecule has 1 fully saturated rings. The molecule has 1 aromatic heterocycles. The number of benzene rings is 1. The van der Waals surface area contributed by atoms with Gasteiger partial charge in [0.2, 0.25) is 5.91 Å². The summed E-state index contributed by atoms with van der Waals surface area (Å²) in [5, 5.41) is 0. The minimum atomic E-state index is -0.130. The van der Waals surface area contributed by atoms with Gasteiger partial charge in [0.05, 0.1) is 11.0 Å². The number of imidazole rings is 1. The van der Waals surface area contributed by atoms with E-state index in [9.17, 15) is 9.59 Å². The summed E-state index contributed by atoms with van der Waals surface area (Å²) < 4.78 is 3.18. The molecule has 0 saturated carbocycles. The van der Waals surface area contributed by atoms with Crippen molar-refractivity contribution in [1.82, 2.24) is 14.0 Å². The first kappa shape index (κ1) is 13.9. The predicted molar refractivity (Wildman–Crippen MR) is 82.2 cm³/mol. The van der Waals surface area contributed by atoms with Crippen molar-refractivity contribution in [3.63, 3.8) is 0 Å². The molecule has 1 amide bonds. The molecule has 0 unspecified atom stereocenters. The minimum absolute atomic E-state index is 0.0420. The fourth-order valence-corrected chi connectivity index (χ4v) is 3.01. The van der Waals surface area contributed by atoms with E-state index in [1.54, 1.807) is 16.2 Å². The van der Waals surface area contributed by atoms with Gasteiger partial charge in [-0.2, -0.15) is 0 Å². The third-order valence-corrected chi connectivity index (χ3v) is 4.48. The highest BCUT2D eigenvalue weighted by Gasteiger charge is 2.22. The standard InChI is InChI=1S/C16H21N3O2/c1-12-7-9-18(10-8-12)15(20)11-19-14-6-4-3-5-13(14)17(2)16(19)21/h3-6,12H,7-11H2,1-2H3. The molecule has 112 valence electrons. The summed E-state index contributed by atoms with van der Waals surface area (Å²) in [6, 6.07) is 7.59. The van der Waals surface area contributed by atoms with Crippen molar-refractivity contribution in [2.75, 3.05) is 13.1 Å². The third kappa shape index (κ3) is 2.48. The largest absolute Gasteiger partial charge is 0.341 e. The number of piperidine rings is 1. The van der Waals surface area contributed by atoms with E-state index in [1.165, 1.54) is 0 Å². The van der Waals surface area contributed by atoms with Gasteiger partial charge in [0.15, 0.2) is 0 Å². The molecule has 21 heavy (non-hydrogen) atoms. The molecule has 0 radical (unpaired) electrons. The van der Waals surface area contributed by atoms with Crippen molar-refractivity contribution in [3.8, 4) is 0 Å². The van der Waals surface area contributed by atoms with Crippen LogP contribution in [0.5, 0.6) is 0 Å². The van der Waals surface area contributed by atoms with Crippen LogP contribution in [0, 0.1) is 5.92 Å². The van der Waals surface area contributed by atoms with Crippen LogP contribution < -0.4 is 5.69 Å². The van der Waals surface area contributed by atoms with Crippen LogP contribution >= 0.6 is 0 Å². The normalized spacial score (nSPS) is 16.6. The van der Waals surface area contributed by atoms with E-state index in [4.69, 9.17) is 0 Å². The van der Waals surface area contributed by atoms with Crippen LogP contribution in [-0.4, -0.2) is 33.0 Å². The van der Waals surface area contributed by atoms with Gasteiger partial charge in [-0.15, -0.1) is 0 Å². The maximum atomic E-state index is 12.4. The van der Waals surface area contributed by atoms with Gasteiger partial charge in [-0.3, -0.25) is 13.9 Å². The second kappa shape index (κ2) is 5.39. The zero-order chi connectivity index (χ0) is 15.0. The first-order valence-electron chi connectivity index (χ1n) is 7.50. The van der Waals surface area contributed by atoms with Crippen LogP contribution in [0.2, 0.25) is 0 Å². The lowest BCUT2D eigenvalue weighted by atomic mass is 9.99. The van der Waals surface area contributed by atoms with Gasteiger partial charge in [0.1, 0.15) is 6.54 Å². The molecule has 1 aliphatic heterocycles. The Balaban J connectivity index is 1.87. The van der Waals surface area contributed by atoms with Gasteiger partial charge in [0.25, 0.3) is 0 Å². The first-order valence-corrected chi connectivity index (χ1v) is 7.50. The highest BCUT2D eigenvalue weighted by atomic mass is 16.2. The van der Waals surface area contributed by atoms with Crippen LogP contribution in [0.3, 0.4) is 0 Å². The molecule has 3 rings (SSSR count). The maximum absolute atomic E-state index is 12.4. The Morgan fingerprint density at radius 1 is 1.19 bits per heavy atom. The van der Waals surface area contributed by atoms with Gasteiger partial charge >= 0.3 is 5.69 Å². The quantitative estimate of drug-likeness (QED) is 0.842. The lowest BCUT2D eigenvalue weighted by Gasteiger charge is -2.30. The van der Waals surface area contributed by atoms with Crippen molar-refractivity contribution >= 4 is 16.9 Å². The number of amides is 1. The lowest BCUT2D eigenvalue weighted by Crippen LogP contribution is -2.41. The second-order valence-corrected chi connectivity index (χ2v) is 5.98. The maximum Gasteiger partial charge on any atom is 0.329 e. The van der Waals surface area contributed by atoms with Crippen LogP contribution in [0.15, 0.2) is 29.1 Å². The Kier molecular flexibility index (Phi) is 3.57. The van der Waals surface area contributed by atoms with Gasteiger partial charge in [0, 0.05) is 20.1 Å². The molecule has 0 aliphatic carbocycles. The lowest BCUT2D eigenvalue weighted by molar-refractivity contribution is -0.133. The molecular formula is C16H21N3O2. The average molecular weight is 287 g/mol. The van der Waals surface area contributed by atoms with Crippen molar-refractivity contribution < 1.29 is 4.79 Å². The minimum Gasteiger partial charge on any atom is -0.341 e. The number of rotatable bonds is 2. The van der Waals surface area contributed by atoms with Crippen LogP contribution in [0.4, 0.5) is 0 Å². The fraction of sp³-hybridized carbons (Fsp3) is 0.500. The molecule has 5 nitrogen and oxygen atoms in total. The predicted octanol–water partition coefficient (Wildman–Crippen LogP) is 1.60. The Morgan fingerprint density at radius 2 is 1.81 bits per heavy atom. The Hall–Kier alpha value is -2.04. The van der Waals surface area contributed by atoms with Crippen molar-refractivity contribution in [2.24, 2.45) is 13.0 Å². The molecule has 1 aliphatic rings. The summed E-state index contributed by atoms with van der Waals surface area (Å²) in [4.78, 5) is 26.6. The summed E-state index contributed by atoms with van der Waals surface area (Å²) in [6.07, 6.45) is 2.10. The number of aromatic nitrogens is 2. The van der Waals surface area contributed by atoms with Crippen LogP contribution in [0.1, 0.15) is 19.8 Å². The van der Waals surface area contributed by atoms with Crippen molar-refractivity contribution in [3.05, 3.63) is 34.7 Å². The van der Waals surface area contributed by atoms with E-state index in [2.05, 4.69) is 6.92 Å². The van der Waals surface area contributed by atoms with Gasteiger partial charge in [-0.25, -0.2) is 4.79 Å². The van der Waals surface area contributed by atoms with Crippen LogP contribution in [-0.2, 0) is 18.4 Å². The van der Waals surface area contributed by atoms with Gasteiger partial charge < -0.3 is 4.90 Å². The summed E-state index contributed by atoms with van der Waals surface area (Å²) in [6.45, 7) is 3.96. The molecule has 0 bridgehead atoms. The number of para-hydroxylation sites is 2. The molecule has 1 aromatic carbocycles. The number of carbonyl (C=O) groups is 1. The highest BCUT2D eigenvalue weighted by Crippen LogP contribution is 2.17. The number of nitrogens with zero attached hydrogens (tertiary/aromatic N) is 3. The third-order valence-electron chi connectivity index (χ3n) is 4.48. The molecule has 0 spiro atoms. The van der Waals surface area contributed by atoms with E-state index in [0.29, 0.717) is 5.92 Å². The summed E-state index contributed by atoms with van der Waals surface area (Å²) in [5.41, 5.74) is 1.56. The monoisotopic (exact) mass is 287 g/mol. The number of aryl methyl sites for hydroxylation is 1. The van der Waals surface area contributed by atoms with E-state index in [-0.39, 0.29) is 18.1 Å². The van der Waals surface area contributed by atoms with Crippen molar-refractivity contribution in [2.45, 2.75) is 26.3 Å². The smallest absolute Gasteiger partial charge is 0.329 e. The summed E-state index contributed by atoms with van der Waals surface area (Å²) in [5.74, 6) is 0.731. The molecule has 0 N–H and O–H groups in total. The number of carbonyl (C=O) groups excluding carboxylic acids is 1. The zero-order valence-corrected chi connectivity index (χ0v) is 12.6. The number of hydrogen-bond acceptors (Lipinski definition) is 2. The van der Waals surface area contributed by atoms with Gasteiger partial charge in [-0.05, 0) is 30.9 Å². The first-order chi connectivity index (χ1) is 10.1. The molecule has 5 heteroatoms. The summed E-state index contributed by atoms with van der Waals surface area (Å²) >= 11 is 0. The highest BCUT2D eigenvalue weighted by molar-refractivity contribution is 5.81. The van der Waals surface area contributed by atoms with E-state index in [0.717, 1.165) is 37.0 Å². The van der Waals surface area contributed by atoms with E-state index < -0.39 is 0 Å². The Morgan fingerprint density at radius 3 is 2.48 bits per heavy atom. The number of fused-ring (bicyclic) bond motifs is 1. The zero-order valence-electron chi connectivity index (χ0n) is 12.6. The molecule has 0 atom stereocenters. The summed E-state index contributed by atoms with van der Waals surface area (Å²) in [7, 11) is 1.74. The topological polar surface area (TPSA) is 47.2 Å². The van der Waals surface area contributed by atoms with E-state index >= 15 is 0 Å².